The predicted octanol–water partition coefficient (Wildman–Crippen LogP) is 2.63. The van der Waals surface area contributed by atoms with Crippen molar-refractivity contribution in [3.63, 3.8) is 0 Å². The van der Waals surface area contributed by atoms with Gasteiger partial charge in [0.25, 0.3) is 0 Å². The molecule has 0 aromatic heterocycles. The smallest absolute Gasteiger partial charge is 0.308 e. The molecule has 3 atom stereocenters. The average Bonchev–Trinajstić information content (AvgIpc) is 2.28. The van der Waals surface area contributed by atoms with E-state index in [0.717, 1.165) is 18.2 Å². The second-order valence-corrected chi connectivity index (χ2v) is 5.01. The third-order valence-electron chi connectivity index (χ3n) is 2.87. The van der Waals surface area contributed by atoms with Gasteiger partial charge in [0.05, 0.1) is 25.2 Å². The Labute approximate surface area is 111 Å². The van der Waals surface area contributed by atoms with Gasteiger partial charge < -0.3 is 14.2 Å². The minimum absolute atomic E-state index is 0.0909. The summed E-state index contributed by atoms with van der Waals surface area (Å²) in [6.07, 6.45) is 1.76. The van der Waals surface area contributed by atoms with E-state index >= 15 is 0 Å². The lowest BCUT2D eigenvalue weighted by Crippen LogP contribution is -2.47. The van der Waals surface area contributed by atoms with Crippen LogP contribution in [-0.4, -0.2) is 35.9 Å². The van der Waals surface area contributed by atoms with E-state index in [-0.39, 0.29) is 18.2 Å². The van der Waals surface area contributed by atoms with Crippen LogP contribution in [0.3, 0.4) is 0 Å². The summed E-state index contributed by atoms with van der Waals surface area (Å²) < 4.78 is 16.6. The van der Waals surface area contributed by atoms with Crippen LogP contribution in [0.4, 0.5) is 0 Å². The largest absolute Gasteiger partial charge is 0.466 e. The van der Waals surface area contributed by atoms with Crippen LogP contribution >= 0.6 is 15.9 Å². The van der Waals surface area contributed by atoms with Gasteiger partial charge in [-0.3, -0.25) is 4.79 Å². The molecule has 0 amide bonds. The number of halogens is 1. The highest BCUT2D eigenvalue weighted by molar-refractivity contribution is 9.09. The van der Waals surface area contributed by atoms with E-state index in [2.05, 4.69) is 15.9 Å². The van der Waals surface area contributed by atoms with Gasteiger partial charge in [-0.1, -0.05) is 22.9 Å². The fourth-order valence-corrected chi connectivity index (χ4v) is 2.31. The molecular formula is C12H21BrO4. The number of ether oxygens (including phenoxy) is 3. The first-order valence-corrected chi connectivity index (χ1v) is 7.22. The second kappa shape index (κ2) is 6.71. The van der Waals surface area contributed by atoms with E-state index in [9.17, 15) is 4.79 Å². The first-order valence-electron chi connectivity index (χ1n) is 6.10. The van der Waals surface area contributed by atoms with Crippen molar-refractivity contribution < 1.29 is 19.0 Å². The maximum atomic E-state index is 11.5. The third-order valence-corrected chi connectivity index (χ3v) is 3.59. The molecule has 1 aliphatic heterocycles. The Morgan fingerprint density at radius 2 is 2.06 bits per heavy atom. The minimum Gasteiger partial charge on any atom is -0.466 e. The molecule has 100 valence electrons. The lowest BCUT2D eigenvalue weighted by atomic mass is 10.1. The molecule has 5 heteroatoms. The third kappa shape index (κ3) is 4.56. The van der Waals surface area contributed by atoms with Crippen molar-refractivity contribution >= 4 is 21.9 Å². The van der Waals surface area contributed by atoms with Gasteiger partial charge in [-0.15, -0.1) is 0 Å². The number of hydrogen-bond donors (Lipinski definition) is 0. The Hall–Kier alpha value is -0.130. The molecule has 0 aromatic carbocycles. The molecule has 4 nitrogen and oxygen atoms in total. The van der Waals surface area contributed by atoms with E-state index in [1.165, 1.54) is 0 Å². The van der Waals surface area contributed by atoms with Gasteiger partial charge >= 0.3 is 5.97 Å². The molecule has 0 aliphatic carbocycles. The zero-order valence-electron chi connectivity index (χ0n) is 10.7. The van der Waals surface area contributed by atoms with E-state index in [1.807, 2.05) is 13.8 Å². The highest BCUT2D eigenvalue weighted by Crippen LogP contribution is 2.31. The van der Waals surface area contributed by atoms with Crippen LogP contribution in [0.5, 0.6) is 0 Å². The summed E-state index contributed by atoms with van der Waals surface area (Å²) in [6.45, 7) is 6.15. The van der Waals surface area contributed by atoms with E-state index < -0.39 is 5.79 Å². The summed E-state index contributed by atoms with van der Waals surface area (Å²) in [5, 5.41) is 0.755. The molecule has 0 spiro atoms. The first-order chi connectivity index (χ1) is 8.03. The standard InChI is InChI=1S/C12H21BrO4/c1-4-12(3)16-9(6-10(8-13)17-12)7-11(14)15-5-2/h9-10H,4-8H2,1-3H3/t9-,10+,12?/m1/s1. The van der Waals surface area contributed by atoms with Crippen molar-refractivity contribution in [3.8, 4) is 0 Å². The predicted molar refractivity (Wildman–Crippen MR) is 68.1 cm³/mol. The van der Waals surface area contributed by atoms with Crippen molar-refractivity contribution in [2.24, 2.45) is 0 Å². The van der Waals surface area contributed by atoms with Gasteiger partial charge in [-0.05, 0) is 20.3 Å². The van der Waals surface area contributed by atoms with Gasteiger partial charge in [0, 0.05) is 11.8 Å². The average molecular weight is 309 g/mol. The van der Waals surface area contributed by atoms with Crippen molar-refractivity contribution in [1.82, 2.24) is 0 Å². The highest BCUT2D eigenvalue weighted by atomic mass is 79.9. The molecule has 0 radical (unpaired) electrons. The van der Waals surface area contributed by atoms with Crippen LogP contribution in [0.15, 0.2) is 0 Å². The number of rotatable bonds is 5. The lowest BCUT2D eigenvalue weighted by Gasteiger charge is -2.41. The molecule has 1 aliphatic rings. The van der Waals surface area contributed by atoms with Crippen LogP contribution < -0.4 is 0 Å². The summed E-state index contributed by atoms with van der Waals surface area (Å²) in [5.41, 5.74) is 0. The Bertz CT molecular complexity index is 259. The first kappa shape index (κ1) is 14.9. The molecule has 0 N–H and O–H groups in total. The van der Waals surface area contributed by atoms with Gasteiger partial charge in [-0.2, -0.15) is 0 Å². The Morgan fingerprint density at radius 1 is 1.41 bits per heavy atom. The maximum absolute atomic E-state index is 11.5. The summed E-state index contributed by atoms with van der Waals surface area (Å²) in [7, 11) is 0. The molecule has 17 heavy (non-hydrogen) atoms. The SMILES string of the molecule is CCOC(=O)C[C@H]1C[C@@H](CBr)OC(C)(CC)O1. The van der Waals surface area contributed by atoms with E-state index in [1.54, 1.807) is 6.92 Å². The quantitative estimate of drug-likeness (QED) is 0.578. The monoisotopic (exact) mass is 308 g/mol. The molecule has 1 fully saturated rings. The second-order valence-electron chi connectivity index (χ2n) is 4.37. The topological polar surface area (TPSA) is 44.8 Å². The number of carbonyl (C=O) groups excluding carboxylic acids is 1. The van der Waals surface area contributed by atoms with Gasteiger partial charge in [0.2, 0.25) is 0 Å². The summed E-state index contributed by atoms with van der Waals surface area (Å²) in [4.78, 5) is 11.5. The summed E-state index contributed by atoms with van der Waals surface area (Å²) >= 11 is 3.42. The van der Waals surface area contributed by atoms with Gasteiger partial charge in [0.1, 0.15) is 0 Å². The number of alkyl halides is 1. The fourth-order valence-electron chi connectivity index (χ4n) is 1.91. The van der Waals surface area contributed by atoms with Gasteiger partial charge in [0.15, 0.2) is 5.79 Å². The molecule has 1 saturated heterocycles. The molecule has 1 rings (SSSR count). The Morgan fingerprint density at radius 3 is 2.59 bits per heavy atom. The van der Waals surface area contributed by atoms with E-state index in [0.29, 0.717) is 13.0 Å². The summed E-state index contributed by atoms with van der Waals surface area (Å²) in [6, 6.07) is 0. The lowest BCUT2D eigenvalue weighted by molar-refractivity contribution is -0.305. The molecule has 0 bridgehead atoms. The zero-order chi connectivity index (χ0) is 12.9. The normalized spacial score (nSPS) is 33.4. The molecule has 0 saturated carbocycles. The van der Waals surface area contributed by atoms with Crippen LogP contribution in [0, 0.1) is 0 Å². The molecule has 0 aromatic rings. The van der Waals surface area contributed by atoms with Crippen LogP contribution in [0.25, 0.3) is 0 Å². The van der Waals surface area contributed by atoms with Gasteiger partial charge in [-0.25, -0.2) is 0 Å². The van der Waals surface area contributed by atoms with Crippen LogP contribution in [0.2, 0.25) is 0 Å². The number of esters is 1. The fraction of sp³-hybridized carbons (Fsp3) is 0.917. The van der Waals surface area contributed by atoms with E-state index in [4.69, 9.17) is 14.2 Å². The highest BCUT2D eigenvalue weighted by Gasteiger charge is 2.38. The summed E-state index contributed by atoms with van der Waals surface area (Å²) in [5.74, 6) is -0.792. The van der Waals surface area contributed by atoms with Crippen LogP contribution in [0.1, 0.15) is 40.0 Å². The molecule has 1 heterocycles. The molecule has 1 unspecified atom stereocenters. The number of carbonyl (C=O) groups is 1. The maximum Gasteiger partial charge on any atom is 0.308 e. The van der Waals surface area contributed by atoms with Crippen molar-refractivity contribution in [1.29, 1.82) is 0 Å². The Balaban J connectivity index is 2.56. The Kier molecular flexibility index (Phi) is 5.89. The minimum atomic E-state index is -0.589. The molecular weight excluding hydrogens is 288 g/mol. The van der Waals surface area contributed by atoms with Crippen molar-refractivity contribution in [3.05, 3.63) is 0 Å². The van der Waals surface area contributed by atoms with Crippen LogP contribution in [-0.2, 0) is 19.0 Å². The van der Waals surface area contributed by atoms with Crippen molar-refractivity contribution in [2.45, 2.75) is 58.0 Å². The zero-order valence-corrected chi connectivity index (χ0v) is 12.3. The van der Waals surface area contributed by atoms with Crippen molar-refractivity contribution in [2.75, 3.05) is 11.9 Å². The number of hydrogen-bond acceptors (Lipinski definition) is 4.